The average Bonchev–Trinajstić information content (AvgIpc) is 3.24. The van der Waals surface area contributed by atoms with Crippen molar-refractivity contribution in [1.29, 1.82) is 0 Å². The lowest BCUT2D eigenvalue weighted by atomic mass is 10.1. The zero-order chi connectivity index (χ0) is 24.9. The molecular weight excluding hydrogens is 450 g/mol. The summed E-state index contributed by atoms with van der Waals surface area (Å²) in [6, 6.07) is 17.6. The van der Waals surface area contributed by atoms with Crippen LogP contribution in [0, 0.1) is 0 Å². The molecule has 1 aliphatic heterocycles. The molecule has 182 valence electrons. The molecule has 0 unspecified atom stereocenters. The molecule has 0 aliphatic carbocycles. The van der Waals surface area contributed by atoms with Crippen LogP contribution in [0.4, 0.5) is 11.8 Å². The number of rotatable bonds is 10. The molecule has 2 aromatic heterocycles. The number of aliphatic imine (C=N–C) groups is 1. The number of aromatic nitrogens is 4. The van der Waals surface area contributed by atoms with Gasteiger partial charge in [-0.1, -0.05) is 55.1 Å². The fourth-order valence-corrected chi connectivity index (χ4v) is 4.45. The van der Waals surface area contributed by atoms with Crippen LogP contribution >= 0.6 is 0 Å². The van der Waals surface area contributed by atoms with Gasteiger partial charge in [-0.3, -0.25) is 4.99 Å². The van der Waals surface area contributed by atoms with E-state index in [9.17, 15) is 5.11 Å². The summed E-state index contributed by atoms with van der Waals surface area (Å²) in [5.74, 6) is 1.70. The molecule has 8 nitrogen and oxygen atoms in total. The highest BCUT2D eigenvalue weighted by Gasteiger charge is 2.27. The highest BCUT2D eigenvalue weighted by atomic mass is 16.3. The average molecular weight is 480 g/mol. The molecule has 2 aromatic carbocycles. The van der Waals surface area contributed by atoms with Crippen LogP contribution in [0.1, 0.15) is 23.2 Å². The second-order valence-electron chi connectivity index (χ2n) is 8.76. The molecule has 0 saturated carbocycles. The van der Waals surface area contributed by atoms with Crippen molar-refractivity contribution in [1.82, 2.24) is 19.7 Å². The molecule has 0 fully saturated rings. The van der Waals surface area contributed by atoms with Crippen molar-refractivity contribution in [3.8, 4) is 5.75 Å². The summed E-state index contributed by atoms with van der Waals surface area (Å²) in [7, 11) is 0. The second-order valence-corrected chi connectivity index (χ2v) is 8.76. The van der Waals surface area contributed by atoms with Gasteiger partial charge in [0.2, 0.25) is 5.95 Å². The molecule has 0 amide bonds. The van der Waals surface area contributed by atoms with Crippen molar-refractivity contribution < 1.29 is 5.11 Å². The van der Waals surface area contributed by atoms with Crippen molar-refractivity contribution in [3.05, 3.63) is 95.8 Å². The summed E-state index contributed by atoms with van der Waals surface area (Å²) in [6.07, 6.45) is 5.04. The molecule has 1 aliphatic rings. The largest absolute Gasteiger partial charge is 0.508 e. The van der Waals surface area contributed by atoms with Gasteiger partial charge in [0.05, 0.1) is 17.6 Å². The Kier molecular flexibility index (Phi) is 6.75. The Bertz CT molecular complexity index is 1410. The predicted molar refractivity (Wildman–Crippen MR) is 145 cm³/mol. The van der Waals surface area contributed by atoms with E-state index >= 15 is 0 Å². The fourth-order valence-electron chi connectivity index (χ4n) is 4.45. The third-order valence-corrected chi connectivity index (χ3v) is 6.26. The molecule has 0 bridgehead atoms. The van der Waals surface area contributed by atoms with Gasteiger partial charge < -0.3 is 15.3 Å². The molecule has 0 atom stereocenters. The fraction of sp³-hybridized carbons (Fsp3) is 0.214. The van der Waals surface area contributed by atoms with Gasteiger partial charge in [-0.05, 0) is 42.0 Å². The Morgan fingerprint density at radius 3 is 2.58 bits per heavy atom. The standard InChI is InChI=1S/C28H29N7O/c1-3-20(17-29-2)13-15-30-28-31-26-25-24(14-16-34(26)18-22-9-11-23(36)12-10-22)33-35(27(25)32-28)19-21-7-5-4-6-8-21/h3-12,17,36H,1-2,13-16,18-19H2,(H,30,31,32)/b20-17+. The van der Waals surface area contributed by atoms with Crippen LogP contribution < -0.4 is 10.2 Å². The Labute approximate surface area is 210 Å². The first kappa shape index (κ1) is 23.3. The first-order valence-corrected chi connectivity index (χ1v) is 12.0. The molecular formula is C28H29N7O. The molecule has 0 spiro atoms. The lowest BCUT2D eigenvalue weighted by Crippen LogP contribution is -2.29. The monoisotopic (exact) mass is 479 g/mol. The highest BCUT2D eigenvalue weighted by Crippen LogP contribution is 2.34. The number of anilines is 2. The van der Waals surface area contributed by atoms with Gasteiger partial charge in [0, 0.05) is 32.3 Å². The molecule has 4 aromatic rings. The van der Waals surface area contributed by atoms with Gasteiger partial charge in [-0.15, -0.1) is 0 Å². The number of hydrogen-bond donors (Lipinski definition) is 2. The number of nitrogens with one attached hydrogen (secondary N) is 1. The summed E-state index contributed by atoms with van der Waals surface area (Å²) < 4.78 is 1.98. The van der Waals surface area contributed by atoms with E-state index in [2.05, 4.69) is 40.6 Å². The molecule has 0 radical (unpaired) electrons. The summed E-state index contributed by atoms with van der Waals surface area (Å²) in [5.41, 5.74) is 5.11. The maximum absolute atomic E-state index is 9.68. The highest BCUT2D eigenvalue weighted by molar-refractivity contribution is 5.92. The van der Waals surface area contributed by atoms with Crippen molar-refractivity contribution in [2.75, 3.05) is 23.3 Å². The van der Waals surface area contributed by atoms with Crippen LogP contribution in [-0.4, -0.2) is 44.7 Å². The van der Waals surface area contributed by atoms with E-state index in [-0.39, 0.29) is 5.75 Å². The SMILES string of the molecule is C=C/C(=C\N=C)CCNc1nc2c3c(nn(Cc4ccccc4)c3n1)CCN2Cc1ccc(O)cc1. The number of phenols is 1. The number of hydrogen-bond acceptors (Lipinski definition) is 7. The number of nitrogens with zero attached hydrogens (tertiary/aromatic N) is 6. The van der Waals surface area contributed by atoms with Crippen molar-refractivity contribution in [3.63, 3.8) is 0 Å². The predicted octanol–water partition coefficient (Wildman–Crippen LogP) is 4.72. The molecule has 0 saturated heterocycles. The van der Waals surface area contributed by atoms with E-state index in [0.717, 1.165) is 53.1 Å². The second kappa shape index (κ2) is 10.4. The summed E-state index contributed by atoms with van der Waals surface area (Å²) in [6.45, 7) is 10.1. The van der Waals surface area contributed by atoms with Gasteiger partial charge in [0.1, 0.15) is 11.6 Å². The lowest BCUT2D eigenvalue weighted by Gasteiger charge is -2.28. The van der Waals surface area contributed by atoms with Crippen molar-refractivity contribution >= 4 is 29.5 Å². The number of phenolic OH excluding ortho intramolecular Hbond substituents is 1. The topological polar surface area (TPSA) is 91.5 Å². The maximum Gasteiger partial charge on any atom is 0.226 e. The summed E-state index contributed by atoms with van der Waals surface area (Å²) in [4.78, 5) is 15.9. The third-order valence-electron chi connectivity index (χ3n) is 6.26. The Balaban J connectivity index is 1.50. The van der Waals surface area contributed by atoms with E-state index in [1.54, 1.807) is 24.4 Å². The van der Waals surface area contributed by atoms with Gasteiger partial charge in [0.25, 0.3) is 0 Å². The molecule has 36 heavy (non-hydrogen) atoms. The number of aromatic hydroxyl groups is 1. The normalized spacial score (nSPS) is 13.1. The van der Waals surface area contributed by atoms with Gasteiger partial charge in [-0.2, -0.15) is 15.1 Å². The smallest absolute Gasteiger partial charge is 0.226 e. The Morgan fingerprint density at radius 1 is 1.06 bits per heavy atom. The minimum Gasteiger partial charge on any atom is -0.508 e. The third kappa shape index (κ3) is 4.98. The van der Waals surface area contributed by atoms with Crippen LogP contribution in [-0.2, 0) is 19.5 Å². The van der Waals surface area contributed by atoms with Gasteiger partial charge in [-0.25, -0.2) is 4.68 Å². The number of benzene rings is 2. The van der Waals surface area contributed by atoms with E-state index < -0.39 is 0 Å². The zero-order valence-corrected chi connectivity index (χ0v) is 20.1. The van der Waals surface area contributed by atoms with Gasteiger partial charge in [0.15, 0.2) is 5.65 Å². The van der Waals surface area contributed by atoms with Crippen LogP contribution in [0.2, 0.25) is 0 Å². The van der Waals surface area contributed by atoms with E-state index in [0.29, 0.717) is 25.6 Å². The summed E-state index contributed by atoms with van der Waals surface area (Å²) >= 11 is 0. The van der Waals surface area contributed by atoms with Crippen LogP contribution in [0.5, 0.6) is 5.75 Å². The minimum atomic E-state index is 0.261. The van der Waals surface area contributed by atoms with Crippen LogP contribution in [0.3, 0.4) is 0 Å². The minimum absolute atomic E-state index is 0.261. The lowest BCUT2D eigenvalue weighted by molar-refractivity contribution is 0.475. The zero-order valence-electron chi connectivity index (χ0n) is 20.1. The van der Waals surface area contributed by atoms with Crippen molar-refractivity contribution in [2.45, 2.75) is 25.9 Å². The molecule has 5 rings (SSSR count). The molecule has 8 heteroatoms. The van der Waals surface area contributed by atoms with E-state index in [4.69, 9.17) is 15.1 Å². The Morgan fingerprint density at radius 2 is 1.83 bits per heavy atom. The van der Waals surface area contributed by atoms with Gasteiger partial charge >= 0.3 is 0 Å². The van der Waals surface area contributed by atoms with Crippen LogP contribution in [0.25, 0.3) is 11.0 Å². The first-order chi connectivity index (χ1) is 17.6. The molecule has 2 N–H and O–H groups in total. The first-order valence-electron chi connectivity index (χ1n) is 12.0. The van der Waals surface area contributed by atoms with Crippen molar-refractivity contribution in [2.24, 2.45) is 4.99 Å². The molecule has 3 heterocycles. The maximum atomic E-state index is 9.68. The Hall–Kier alpha value is -4.46. The quantitative estimate of drug-likeness (QED) is 0.253. The summed E-state index contributed by atoms with van der Waals surface area (Å²) in [5, 5.41) is 19.0. The number of allylic oxidation sites excluding steroid dienone is 1. The van der Waals surface area contributed by atoms with Crippen LogP contribution in [0.15, 0.2) is 84.0 Å². The van der Waals surface area contributed by atoms with E-state index in [1.807, 2.05) is 35.0 Å². The van der Waals surface area contributed by atoms with E-state index in [1.165, 1.54) is 5.56 Å².